The molecule has 0 fully saturated rings. The molecule has 0 aliphatic carbocycles. The molecular weight excluding hydrogens is 300 g/mol. The molecule has 0 aliphatic heterocycles. The summed E-state index contributed by atoms with van der Waals surface area (Å²) < 4.78 is 5.15. The van der Waals surface area contributed by atoms with Crippen LogP contribution >= 0.6 is 0 Å². The van der Waals surface area contributed by atoms with Gasteiger partial charge in [0, 0.05) is 18.7 Å². The van der Waals surface area contributed by atoms with Crippen LogP contribution < -0.4 is 0 Å². The van der Waals surface area contributed by atoms with Crippen molar-refractivity contribution in [2.45, 2.75) is 77.6 Å². The van der Waals surface area contributed by atoms with Gasteiger partial charge >= 0.3 is 0 Å². The molecule has 4 nitrogen and oxygen atoms in total. The number of allylic oxidation sites excluding steroid dienone is 3. The predicted octanol–water partition coefficient (Wildman–Crippen LogP) is 6.17. The van der Waals surface area contributed by atoms with Gasteiger partial charge in [0.15, 0.2) is 5.76 Å². The van der Waals surface area contributed by atoms with Crippen molar-refractivity contribution in [3.05, 3.63) is 35.7 Å². The maximum Gasteiger partial charge on any atom is 0.159 e. The molecule has 0 unspecified atom stereocenters. The molecule has 0 spiro atoms. The molecule has 0 aromatic carbocycles. The largest absolute Gasteiger partial charge is 0.411 e. The molecule has 24 heavy (non-hydrogen) atoms. The Kier molecular flexibility index (Phi) is 12.4. The van der Waals surface area contributed by atoms with Crippen LogP contribution in [-0.2, 0) is 6.42 Å². The Morgan fingerprint density at radius 2 is 1.75 bits per heavy atom. The highest BCUT2D eigenvalue weighted by molar-refractivity contribution is 5.60. The van der Waals surface area contributed by atoms with Crippen LogP contribution in [0.4, 0.5) is 0 Å². The van der Waals surface area contributed by atoms with Crippen molar-refractivity contribution in [3.8, 4) is 0 Å². The molecule has 1 rings (SSSR count). The van der Waals surface area contributed by atoms with Crippen molar-refractivity contribution in [1.29, 1.82) is 0 Å². The third kappa shape index (κ3) is 10.8. The van der Waals surface area contributed by atoms with Crippen molar-refractivity contribution in [3.63, 3.8) is 0 Å². The highest BCUT2D eigenvalue weighted by Gasteiger charge is 1.98. The van der Waals surface area contributed by atoms with Gasteiger partial charge in [-0.3, -0.25) is 0 Å². The van der Waals surface area contributed by atoms with Gasteiger partial charge in [-0.1, -0.05) is 81.7 Å². The van der Waals surface area contributed by atoms with Gasteiger partial charge in [-0.05, 0) is 18.9 Å². The molecule has 0 bridgehead atoms. The van der Waals surface area contributed by atoms with Crippen molar-refractivity contribution < 1.29 is 9.73 Å². The molecule has 134 valence electrons. The molecule has 0 saturated heterocycles. The Balaban J connectivity index is 2.00. The van der Waals surface area contributed by atoms with E-state index in [1.54, 1.807) is 0 Å². The number of nitrogens with zero attached hydrogens (tertiary/aromatic N) is 2. The average Bonchev–Trinajstić information content (AvgIpc) is 3.05. The van der Waals surface area contributed by atoms with Crippen molar-refractivity contribution in [1.82, 2.24) is 5.16 Å². The average molecular weight is 332 g/mol. The fourth-order valence-electron chi connectivity index (χ4n) is 2.54. The predicted molar refractivity (Wildman–Crippen MR) is 101 cm³/mol. The summed E-state index contributed by atoms with van der Waals surface area (Å²) in [4.78, 5) is 0. The van der Waals surface area contributed by atoms with Gasteiger partial charge in [-0.2, -0.15) is 0 Å². The molecular formula is C20H32N2O2. The Bertz CT molecular complexity index is 490. The standard InChI is InChI=1S/C20H32N2O2/c1-2-3-4-5-6-7-8-9-10-11-12-13-14-15-20-18-19(22-24-20)16-17-21-23/h12-15,17-18,23H,2-11,16H2,1H3/b13-12-,15-14+,21-17+. The summed E-state index contributed by atoms with van der Waals surface area (Å²) in [5.41, 5.74) is 0.756. The number of hydrogen-bond acceptors (Lipinski definition) is 4. The Hall–Kier alpha value is -1.84. The molecule has 1 heterocycles. The first-order chi connectivity index (χ1) is 11.9. The lowest BCUT2D eigenvalue weighted by Crippen LogP contribution is -1.84. The van der Waals surface area contributed by atoms with Gasteiger partial charge in [0.1, 0.15) is 0 Å². The smallest absolute Gasteiger partial charge is 0.159 e. The van der Waals surface area contributed by atoms with Crippen molar-refractivity contribution in [2.75, 3.05) is 0 Å². The zero-order valence-corrected chi connectivity index (χ0v) is 15.0. The molecule has 0 radical (unpaired) electrons. The topological polar surface area (TPSA) is 58.6 Å². The van der Waals surface area contributed by atoms with Gasteiger partial charge in [0.25, 0.3) is 0 Å². The van der Waals surface area contributed by atoms with E-state index in [-0.39, 0.29) is 0 Å². The second-order valence-corrected chi connectivity index (χ2v) is 6.13. The summed E-state index contributed by atoms with van der Waals surface area (Å²) in [6.07, 6.45) is 23.4. The number of aromatic nitrogens is 1. The summed E-state index contributed by atoms with van der Waals surface area (Å²) >= 11 is 0. The first-order valence-electron chi connectivity index (χ1n) is 9.31. The Morgan fingerprint density at radius 3 is 2.46 bits per heavy atom. The maximum absolute atomic E-state index is 8.36. The lowest BCUT2D eigenvalue weighted by molar-refractivity contribution is 0.320. The van der Waals surface area contributed by atoms with Crippen LogP contribution in [0.3, 0.4) is 0 Å². The lowest BCUT2D eigenvalue weighted by atomic mass is 10.1. The molecule has 0 amide bonds. The van der Waals surface area contributed by atoms with Gasteiger partial charge in [-0.25, -0.2) is 0 Å². The van der Waals surface area contributed by atoms with Gasteiger partial charge in [0.05, 0.1) is 5.69 Å². The fraction of sp³-hybridized carbons (Fsp3) is 0.600. The second-order valence-electron chi connectivity index (χ2n) is 6.13. The van der Waals surface area contributed by atoms with Crippen LogP contribution in [0.1, 0.15) is 82.6 Å². The molecule has 1 aromatic rings. The summed E-state index contributed by atoms with van der Waals surface area (Å²) in [7, 11) is 0. The molecule has 0 atom stereocenters. The van der Waals surface area contributed by atoms with Gasteiger partial charge < -0.3 is 9.73 Å². The highest BCUT2D eigenvalue weighted by atomic mass is 16.5. The third-order valence-corrected chi connectivity index (χ3v) is 3.94. The molecule has 4 heteroatoms. The van der Waals surface area contributed by atoms with Crippen LogP contribution in [0.15, 0.2) is 34.0 Å². The first kappa shape index (κ1) is 20.2. The second kappa shape index (κ2) is 14.7. The van der Waals surface area contributed by atoms with E-state index in [1.165, 1.54) is 64.0 Å². The third-order valence-electron chi connectivity index (χ3n) is 3.94. The minimum absolute atomic E-state index is 0.474. The van der Waals surface area contributed by atoms with Crippen LogP contribution in [0, 0.1) is 0 Å². The Morgan fingerprint density at radius 1 is 1.04 bits per heavy atom. The van der Waals surface area contributed by atoms with Crippen LogP contribution in [0.2, 0.25) is 0 Å². The SMILES string of the molecule is CCCCCCCCCCC/C=C\C=C\c1cc(C/C=N/O)no1. The highest BCUT2D eigenvalue weighted by Crippen LogP contribution is 2.11. The van der Waals surface area contributed by atoms with Crippen LogP contribution in [-0.4, -0.2) is 16.6 Å². The normalized spacial score (nSPS) is 12.2. The van der Waals surface area contributed by atoms with Gasteiger partial charge in [0.2, 0.25) is 0 Å². The molecule has 1 N–H and O–H groups in total. The van der Waals surface area contributed by atoms with E-state index in [2.05, 4.69) is 29.4 Å². The fourth-order valence-corrected chi connectivity index (χ4v) is 2.54. The zero-order chi connectivity index (χ0) is 17.3. The minimum atomic E-state index is 0.474. The van der Waals surface area contributed by atoms with E-state index in [4.69, 9.17) is 9.73 Å². The van der Waals surface area contributed by atoms with E-state index in [1.807, 2.05) is 18.2 Å². The molecule has 1 aromatic heterocycles. The lowest BCUT2D eigenvalue weighted by Gasteiger charge is -2.00. The van der Waals surface area contributed by atoms with Crippen molar-refractivity contribution >= 4 is 12.3 Å². The summed E-state index contributed by atoms with van der Waals surface area (Å²) in [6.45, 7) is 2.26. The van der Waals surface area contributed by atoms with E-state index < -0.39 is 0 Å². The summed E-state index contributed by atoms with van der Waals surface area (Å²) in [6, 6.07) is 1.84. The molecule has 0 aliphatic rings. The summed E-state index contributed by atoms with van der Waals surface area (Å²) in [5, 5.41) is 15.2. The molecule has 0 saturated carbocycles. The number of hydrogen-bond donors (Lipinski definition) is 1. The number of oxime groups is 1. The van der Waals surface area contributed by atoms with E-state index in [0.717, 1.165) is 12.1 Å². The van der Waals surface area contributed by atoms with Crippen LogP contribution in [0.5, 0.6) is 0 Å². The van der Waals surface area contributed by atoms with Crippen molar-refractivity contribution in [2.24, 2.45) is 5.16 Å². The van der Waals surface area contributed by atoms with E-state index in [0.29, 0.717) is 12.2 Å². The summed E-state index contributed by atoms with van der Waals surface area (Å²) in [5.74, 6) is 0.712. The van der Waals surface area contributed by atoms with E-state index >= 15 is 0 Å². The van der Waals surface area contributed by atoms with E-state index in [9.17, 15) is 0 Å². The maximum atomic E-state index is 8.36. The number of rotatable bonds is 14. The quantitative estimate of drug-likeness (QED) is 0.146. The zero-order valence-electron chi connectivity index (χ0n) is 15.0. The first-order valence-corrected chi connectivity index (χ1v) is 9.31. The van der Waals surface area contributed by atoms with Crippen LogP contribution in [0.25, 0.3) is 6.08 Å². The monoisotopic (exact) mass is 332 g/mol. The Labute approximate surface area is 146 Å². The van der Waals surface area contributed by atoms with Gasteiger partial charge in [-0.15, -0.1) is 5.16 Å². The number of unbranched alkanes of at least 4 members (excludes halogenated alkanes) is 9. The minimum Gasteiger partial charge on any atom is -0.411 e.